The summed E-state index contributed by atoms with van der Waals surface area (Å²) in [5.41, 5.74) is 0.884. The molecule has 2 heterocycles. The Kier molecular flexibility index (Phi) is 3.70. The Morgan fingerprint density at radius 3 is 2.84 bits per heavy atom. The van der Waals surface area contributed by atoms with Gasteiger partial charge in [0.2, 0.25) is 0 Å². The van der Waals surface area contributed by atoms with Gasteiger partial charge < -0.3 is 4.74 Å². The Balaban J connectivity index is 2.30. The van der Waals surface area contributed by atoms with Crippen LogP contribution >= 0.6 is 0 Å². The smallest absolute Gasteiger partial charge is 0.341 e. The van der Waals surface area contributed by atoms with Crippen molar-refractivity contribution in [2.45, 2.75) is 13.8 Å². The largest absolute Gasteiger partial charge is 0.462 e. The van der Waals surface area contributed by atoms with Crippen molar-refractivity contribution in [1.29, 1.82) is 0 Å². The van der Waals surface area contributed by atoms with E-state index >= 15 is 0 Å². The summed E-state index contributed by atoms with van der Waals surface area (Å²) in [7, 11) is 0. The van der Waals surface area contributed by atoms with Gasteiger partial charge in [-0.1, -0.05) is 0 Å². The molecule has 0 unspecified atom stereocenters. The van der Waals surface area contributed by atoms with Crippen molar-refractivity contribution in [3.63, 3.8) is 0 Å². The van der Waals surface area contributed by atoms with Gasteiger partial charge in [-0.3, -0.25) is 4.79 Å². The molecular formula is C13H13N3O3. The lowest BCUT2D eigenvalue weighted by Gasteiger charge is -2.01. The van der Waals surface area contributed by atoms with Gasteiger partial charge in [-0.2, -0.15) is 5.10 Å². The van der Waals surface area contributed by atoms with Crippen LogP contribution in [0.4, 0.5) is 0 Å². The van der Waals surface area contributed by atoms with Gasteiger partial charge in [-0.15, -0.1) is 0 Å². The molecule has 2 aromatic rings. The summed E-state index contributed by atoms with van der Waals surface area (Å²) in [4.78, 5) is 26.9. The van der Waals surface area contributed by atoms with Crippen LogP contribution < -0.4 is 0 Å². The molecule has 0 radical (unpaired) electrons. The van der Waals surface area contributed by atoms with E-state index in [1.54, 1.807) is 19.1 Å². The van der Waals surface area contributed by atoms with Crippen molar-refractivity contribution in [2.24, 2.45) is 0 Å². The molecule has 0 aliphatic rings. The van der Waals surface area contributed by atoms with Crippen LogP contribution in [-0.2, 0) is 4.74 Å². The van der Waals surface area contributed by atoms with Crippen molar-refractivity contribution in [2.75, 3.05) is 6.61 Å². The predicted molar refractivity (Wildman–Crippen MR) is 67.3 cm³/mol. The molecule has 0 fully saturated rings. The van der Waals surface area contributed by atoms with Crippen LogP contribution in [0.15, 0.2) is 30.7 Å². The topological polar surface area (TPSA) is 74.1 Å². The number of esters is 1. The zero-order valence-electron chi connectivity index (χ0n) is 10.7. The molecule has 0 saturated heterocycles. The third kappa shape index (κ3) is 2.85. The summed E-state index contributed by atoms with van der Waals surface area (Å²) in [6, 6.07) is 3.24. The van der Waals surface area contributed by atoms with Crippen LogP contribution in [0.3, 0.4) is 0 Å². The molecule has 0 aliphatic heterocycles. The van der Waals surface area contributed by atoms with Crippen molar-refractivity contribution >= 4 is 11.8 Å². The molecule has 0 aliphatic carbocycles. The third-order valence-electron chi connectivity index (χ3n) is 2.48. The Hall–Kier alpha value is -2.50. The Labute approximate surface area is 110 Å². The van der Waals surface area contributed by atoms with Crippen LogP contribution in [0, 0.1) is 0 Å². The van der Waals surface area contributed by atoms with E-state index in [1.807, 2.05) is 0 Å². The van der Waals surface area contributed by atoms with Crippen molar-refractivity contribution in [3.05, 3.63) is 41.9 Å². The summed E-state index contributed by atoms with van der Waals surface area (Å²) in [5, 5.41) is 4.03. The molecule has 0 bridgehead atoms. The number of pyridine rings is 1. The molecular weight excluding hydrogens is 246 g/mol. The fourth-order valence-corrected chi connectivity index (χ4v) is 1.53. The lowest BCUT2D eigenvalue weighted by atomic mass is 10.2. The lowest BCUT2D eigenvalue weighted by molar-refractivity contribution is 0.0526. The summed E-state index contributed by atoms with van der Waals surface area (Å²) in [6.45, 7) is 3.52. The van der Waals surface area contributed by atoms with E-state index < -0.39 is 5.97 Å². The second kappa shape index (κ2) is 5.43. The highest BCUT2D eigenvalue weighted by Gasteiger charge is 2.11. The minimum absolute atomic E-state index is 0.0542. The highest BCUT2D eigenvalue weighted by molar-refractivity contribution is 5.94. The van der Waals surface area contributed by atoms with Crippen LogP contribution in [0.25, 0.3) is 5.82 Å². The van der Waals surface area contributed by atoms with E-state index in [9.17, 15) is 9.59 Å². The van der Waals surface area contributed by atoms with Gasteiger partial charge in [0.15, 0.2) is 11.6 Å². The van der Waals surface area contributed by atoms with Crippen LogP contribution in [0.5, 0.6) is 0 Å². The molecule has 0 aromatic carbocycles. The molecule has 98 valence electrons. The molecule has 19 heavy (non-hydrogen) atoms. The van der Waals surface area contributed by atoms with Crippen molar-refractivity contribution in [1.82, 2.24) is 14.8 Å². The molecule has 0 amide bonds. The Bertz CT molecular complexity index is 619. The van der Waals surface area contributed by atoms with Crippen LogP contribution in [0.1, 0.15) is 34.6 Å². The maximum atomic E-state index is 11.5. The molecule has 0 atom stereocenters. The zero-order valence-corrected chi connectivity index (χ0v) is 10.7. The molecule has 2 aromatic heterocycles. The fourth-order valence-electron chi connectivity index (χ4n) is 1.53. The Morgan fingerprint density at radius 1 is 1.37 bits per heavy atom. The quantitative estimate of drug-likeness (QED) is 0.616. The van der Waals surface area contributed by atoms with Gasteiger partial charge in [0.25, 0.3) is 0 Å². The van der Waals surface area contributed by atoms with E-state index in [2.05, 4.69) is 10.1 Å². The highest BCUT2D eigenvalue weighted by atomic mass is 16.5. The van der Waals surface area contributed by atoms with Gasteiger partial charge in [0.05, 0.1) is 18.4 Å². The summed E-state index contributed by atoms with van der Waals surface area (Å²) in [6.07, 6.45) is 4.45. The first-order valence-electron chi connectivity index (χ1n) is 5.81. The standard InChI is InChI=1S/C13H13N3O3/c1-3-19-13(18)11-7-15-16(8-11)12-6-10(9(2)17)4-5-14-12/h4-8H,3H2,1-2H3. The summed E-state index contributed by atoms with van der Waals surface area (Å²) >= 11 is 0. The molecule has 0 N–H and O–H groups in total. The van der Waals surface area contributed by atoms with Gasteiger partial charge in [-0.05, 0) is 26.0 Å². The lowest BCUT2D eigenvalue weighted by Crippen LogP contribution is -2.04. The molecule has 6 heteroatoms. The fraction of sp³-hybridized carbons (Fsp3) is 0.231. The first-order chi connectivity index (χ1) is 9.11. The summed E-state index contributed by atoms with van der Waals surface area (Å²) < 4.78 is 6.30. The maximum Gasteiger partial charge on any atom is 0.341 e. The minimum atomic E-state index is -0.434. The number of hydrogen-bond acceptors (Lipinski definition) is 5. The molecule has 0 saturated carbocycles. The zero-order chi connectivity index (χ0) is 13.8. The summed E-state index contributed by atoms with van der Waals surface area (Å²) in [5.74, 6) is -0.0128. The number of ketones is 1. The van der Waals surface area contributed by atoms with Gasteiger partial charge in [0.1, 0.15) is 0 Å². The second-order valence-electron chi connectivity index (χ2n) is 3.85. The van der Waals surface area contributed by atoms with Crippen LogP contribution in [0.2, 0.25) is 0 Å². The third-order valence-corrected chi connectivity index (χ3v) is 2.48. The monoisotopic (exact) mass is 259 g/mol. The number of carbonyl (C=O) groups excluding carboxylic acids is 2. The van der Waals surface area contributed by atoms with Crippen molar-refractivity contribution < 1.29 is 14.3 Å². The minimum Gasteiger partial charge on any atom is -0.462 e. The predicted octanol–water partition coefficient (Wildman–Crippen LogP) is 1.65. The Morgan fingerprint density at radius 2 is 2.16 bits per heavy atom. The average Bonchev–Trinajstić information content (AvgIpc) is 2.89. The number of nitrogens with zero attached hydrogens (tertiary/aromatic N) is 3. The average molecular weight is 259 g/mol. The number of Topliss-reactive ketones (excluding diaryl/α,β-unsaturated/α-hetero) is 1. The van der Waals surface area contributed by atoms with E-state index in [-0.39, 0.29) is 5.78 Å². The first-order valence-corrected chi connectivity index (χ1v) is 5.81. The molecule has 6 nitrogen and oxygen atoms in total. The highest BCUT2D eigenvalue weighted by Crippen LogP contribution is 2.09. The second-order valence-corrected chi connectivity index (χ2v) is 3.85. The van der Waals surface area contributed by atoms with E-state index in [0.29, 0.717) is 23.6 Å². The van der Waals surface area contributed by atoms with E-state index in [0.717, 1.165) is 0 Å². The number of ether oxygens (including phenoxy) is 1. The SMILES string of the molecule is CCOC(=O)c1cnn(-c2cc(C(C)=O)ccn2)c1. The van der Waals surface area contributed by atoms with Gasteiger partial charge >= 0.3 is 5.97 Å². The van der Waals surface area contributed by atoms with E-state index in [1.165, 1.54) is 30.2 Å². The van der Waals surface area contributed by atoms with Gasteiger partial charge in [0, 0.05) is 18.0 Å². The normalized spacial score (nSPS) is 10.2. The number of rotatable bonds is 4. The van der Waals surface area contributed by atoms with E-state index in [4.69, 9.17) is 4.74 Å². The first kappa shape index (κ1) is 12.9. The maximum absolute atomic E-state index is 11.5. The molecule has 0 spiro atoms. The van der Waals surface area contributed by atoms with Crippen molar-refractivity contribution in [3.8, 4) is 5.82 Å². The van der Waals surface area contributed by atoms with Crippen LogP contribution in [-0.4, -0.2) is 33.1 Å². The number of aromatic nitrogens is 3. The van der Waals surface area contributed by atoms with Gasteiger partial charge in [-0.25, -0.2) is 14.5 Å². The number of carbonyl (C=O) groups is 2. The number of hydrogen-bond donors (Lipinski definition) is 0. The molecule has 2 rings (SSSR count).